The van der Waals surface area contributed by atoms with Crippen LogP contribution in [-0.4, -0.2) is 16.2 Å². The maximum atomic E-state index is 13.6. The van der Waals surface area contributed by atoms with E-state index in [2.05, 4.69) is 15.5 Å². The average Bonchev–Trinajstić information content (AvgIpc) is 3.20. The van der Waals surface area contributed by atoms with Crippen molar-refractivity contribution >= 4 is 34.2 Å². The Morgan fingerprint density at radius 3 is 2.84 bits per heavy atom. The summed E-state index contributed by atoms with van der Waals surface area (Å²) in [4.78, 5) is 11.8. The van der Waals surface area contributed by atoms with Crippen LogP contribution in [0.3, 0.4) is 0 Å². The number of fused-ring (bicyclic) bond motifs is 1. The van der Waals surface area contributed by atoms with Crippen LogP contribution in [0.15, 0.2) is 52.9 Å². The van der Waals surface area contributed by atoms with Crippen molar-refractivity contribution in [2.24, 2.45) is 0 Å². The third kappa shape index (κ3) is 3.35. The molecule has 2 heterocycles. The fourth-order valence-corrected chi connectivity index (χ4v) is 4.20. The highest BCUT2D eigenvalue weighted by Gasteiger charge is 2.31. The minimum atomic E-state index is -0.568. The first-order chi connectivity index (χ1) is 12.2. The van der Waals surface area contributed by atoms with E-state index in [1.165, 1.54) is 29.2 Å². The van der Waals surface area contributed by atoms with Crippen molar-refractivity contribution in [2.45, 2.75) is 16.3 Å². The first-order valence-corrected chi connectivity index (χ1v) is 9.27. The molecular formula is C17H12FN3O2S2. The quantitative estimate of drug-likeness (QED) is 0.533. The molecule has 1 atom stereocenters. The topological polar surface area (TPSA) is 64.1 Å². The summed E-state index contributed by atoms with van der Waals surface area (Å²) in [5, 5.41) is 11.8. The highest BCUT2D eigenvalue weighted by atomic mass is 32.2. The van der Waals surface area contributed by atoms with Gasteiger partial charge in [0.05, 0.1) is 5.56 Å². The van der Waals surface area contributed by atoms with Gasteiger partial charge < -0.3 is 10.1 Å². The van der Waals surface area contributed by atoms with Crippen molar-refractivity contribution in [1.29, 1.82) is 0 Å². The number of carbonyl (C=O) groups excluding carboxylic acids is 1. The number of halogens is 1. The van der Waals surface area contributed by atoms with Gasteiger partial charge in [-0.1, -0.05) is 59.5 Å². The van der Waals surface area contributed by atoms with Crippen LogP contribution in [0.5, 0.6) is 0 Å². The normalized spacial score (nSPS) is 15.7. The third-order valence-corrected chi connectivity index (χ3v) is 5.69. The molecule has 1 N–H and O–H groups in total. The summed E-state index contributed by atoms with van der Waals surface area (Å²) in [5.41, 5.74) is 1.96. The molecule has 126 valence electrons. The lowest BCUT2D eigenvalue weighted by molar-refractivity contribution is 0.0437. The number of nitrogens with one attached hydrogen (secondary N) is 1. The summed E-state index contributed by atoms with van der Waals surface area (Å²) >= 11 is 2.75. The lowest BCUT2D eigenvalue weighted by Crippen LogP contribution is -2.09. The van der Waals surface area contributed by atoms with Gasteiger partial charge in [-0.3, -0.25) is 0 Å². The molecule has 8 heteroatoms. The average molecular weight is 373 g/mol. The summed E-state index contributed by atoms with van der Waals surface area (Å²) in [5.74, 6) is -0.109. The Labute approximate surface area is 151 Å². The Morgan fingerprint density at radius 2 is 1.96 bits per heavy atom. The Hall–Kier alpha value is -2.45. The van der Waals surface area contributed by atoms with E-state index in [0.29, 0.717) is 26.4 Å². The Balaban J connectivity index is 1.42. The zero-order chi connectivity index (χ0) is 17.2. The van der Waals surface area contributed by atoms with Gasteiger partial charge in [-0.05, 0) is 17.7 Å². The Bertz CT molecular complexity index is 932. The Kier molecular flexibility index (Phi) is 4.37. The molecule has 0 radical (unpaired) electrons. The zero-order valence-electron chi connectivity index (χ0n) is 12.8. The van der Waals surface area contributed by atoms with E-state index in [1.807, 2.05) is 12.1 Å². The van der Waals surface area contributed by atoms with Crippen LogP contribution in [0.25, 0.3) is 0 Å². The number of nitrogens with zero attached hydrogens (tertiary/aromatic N) is 2. The highest BCUT2D eigenvalue weighted by molar-refractivity contribution is 8.00. The number of hydrogen-bond acceptors (Lipinski definition) is 7. The fraction of sp³-hybridized carbons (Fsp3) is 0.118. The molecule has 1 aliphatic rings. The first kappa shape index (κ1) is 16.0. The molecule has 0 saturated heterocycles. The molecule has 25 heavy (non-hydrogen) atoms. The van der Waals surface area contributed by atoms with Crippen LogP contribution in [0.4, 0.5) is 9.52 Å². The maximum Gasteiger partial charge on any atom is 0.340 e. The van der Waals surface area contributed by atoms with Crippen molar-refractivity contribution < 1.29 is 13.9 Å². The molecule has 0 bridgehead atoms. The van der Waals surface area contributed by atoms with E-state index in [-0.39, 0.29) is 11.8 Å². The van der Waals surface area contributed by atoms with Crippen molar-refractivity contribution in [3.63, 3.8) is 0 Å². The number of anilines is 1. The van der Waals surface area contributed by atoms with E-state index in [0.717, 1.165) is 5.56 Å². The van der Waals surface area contributed by atoms with Gasteiger partial charge in [0.15, 0.2) is 4.34 Å². The van der Waals surface area contributed by atoms with Gasteiger partial charge in [0.25, 0.3) is 0 Å². The van der Waals surface area contributed by atoms with Gasteiger partial charge in [0.2, 0.25) is 11.4 Å². The van der Waals surface area contributed by atoms with Gasteiger partial charge >= 0.3 is 5.97 Å². The monoisotopic (exact) mass is 373 g/mol. The smallest absolute Gasteiger partial charge is 0.340 e. The van der Waals surface area contributed by atoms with Crippen LogP contribution in [-0.2, 0) is 10.5 Å². The molecule has 0 spiro atoms. The number of thioether (sulfide) groups is 1. The van der Waals surface area contributed by atoms with Crippen LogP contribution >= 0.6 is 23.1 Å². The van der Waals surface area contributed by atoms with Crippen LogP contribution in [0, 0.1) is 5.82 Å². The van der Waals surface area contributed by atoms with Crippen LogP contribution < -0.4 is 5.32 Å². The molecular weight excluding hydrogens is 361 g/mol. The van der Waals surface area contributed by atoms with Crippen LogP contribution in [0.1, 0.15) is 27.7 Å². The molecule has 0 fully saturated rings. The minimum absolute atomic E-state index is 0.229. The maximum absolute atomic E-state index is 13.6. The fourth-order valence-electron chi connectivity index (χ4n) is 2.45. The number of carbonyl (C=O) groups is 1. The zero-order valence-corrected chi connectivity index (χ0v) is 14.4. The van der Waals surface area contributed by atoms with Gasteiger partial charge in [-0.15, -0.1) is 10.2 Å². The molecule has 5 nitrogen and oxygen atoms in total. The SMILES string of the molecule is O=C1OC(Nc2nnc(SCc3ccccc3F)s2)c2ccccc21. The number of aromatic nitrogens is 2. The first-order valence-electron chi connectivity index (χ1n) is 7.47. The van der Waals surface area contributed by atoms with Gasteiger partial charge in [0, 0.05) is 11.3 Å². The van der Waals surface area contributed by atoms with E-state index >= 15 is 0 Å². The van der Waals surface area contributed by atoms with E-state index < -0.39 is 6.23 Å². The largest absolute Gasteiger partial charge is 0.434 e. The molecule has 2 aromatic carbocycles. The second-order valence-corrected chi connectivity index (χ2v) is 7.47. The molecule has 3 aromatic rings. The number of rotatable bonds is 5. The van der Waals surface area contributed by atoms with Crippen molar-refractivity contribution in [1.82, 2.24) is 10.2 Å². The van der Waals surface area contributed by atoms with Crippen molar-refractivity contribution in [3.05, 3.63) is 71.0 Å². The number of ether oxygens (including phenoxy) is 1. The molecule has 1 aliphatic heterocycles. The number of cyclic esters (lactones) is 1. The predicted octanol–water partition coefficient (Wildman–Crippen LogP) is 4.25. The van der Waals surface area contributed by atoms with Crippen molar-refractivity contribution in [3.8, 4) is 0 Å². The summed E-state index contributed by atoms with van der Waals surface area (Å²) < 4.78 is 19.7. The second kappa shape index (κ2) is 6.81. The van der Waals surface area contributed by atoms with Crippen molar-refractivity contribution in [2.75, 3.05) is 5.32 Å². The summed E-state index contributed by atoms with van der Waals surface area (Å²) in [6.45, 7) is 0. The second-order valence-electron chi connectivity index (χ2n) is 5.27. The molecule has 1 aromatic heterocycles. The summed E-state index contributed by atoms with van der Waals surface area (Å²) in [6, 6.07) is 13.9. The standard InChI is InChI=1S/C17H12FN3O2S2/c18-13-8-4-1-5-10(13)9-24-17-21-20-16(25-17)19-14-11-6-2-3-7-12(11)15(22)23-14/h1-8,14H,9H2,(H,19,20). The minimum Gasteiger partial charge on any atom is -0.434 e. The van der Waals surface area contributed by atoms with Gasteiger partial charge in [0.1, 0.15) is 5.82 Å². The van der Waals surface area contributed by atoms with E-state index in [4.69, 9.17) is 4.74 Å². The van der Waals surface area contributed by atoms with E-state index in [9.17, 15) is 9.18 Å². The third-order valence-electron chi connectivity index (χ3n) is 3.66. The van der Waals surface area contributed by atoms with Gasteiger partial charge in [-0.25, -0.2) is 9.18 Å². The number of esters is 1. The molecule has 4 rings (SSSR count). The van der Waals surface area contributed by atoms with Crippen LogP contribution in [0.2, 0.25) is 0 Å². The predicted molar refractivity (Wildman–Crippen MR) is 94.1 cm³/mol. The lowest BCUT2D eigenvalue weighted by Gasteiger charge is -2.10. The van der Waals surface area contributed by atoms with E-state index in [1.54, 1.807) is 30.3 Å². The van der Waals surface area contributed by atoms with Gasteiger partial charge in [-0.2, -0.15) is 0 Å². The highest BCUT2D eigenvalue weighted by Crippen LogP contribution is 2.34. The molecule has 1 unspecified atom stereocenters. The molecule has 0 aliphatic carbocycles. The lowest BCUT2D eigenvalue weighted by atomic mass is 10.1. The number of benzene rings is 2. The number of hydrogen-bond donors (Lipinski definition) is 1. The summed E-state index contributed by atoms with van der Waals surface area (Å²) in [6.07, 6.45) is -0.568. The Morgan fingerprint density at radius 1 is 1.16 bits per heavy atom. The summed E-state index contributed by atoms with van der Waals surface area (Å²) in [7, 11) is 0. The molecule has 0 saturated carbocycles. The molecule has 0 amide bonds.